The van der Waals surface area contributed by atoms with Gasteiger partial charge in [0, 0.05) is 6.54 Å². The molecule has 0 radical (unpaired) electrons. The molecule has 1 aliphatic rings. The first-order valence-electron chi connectivity index (χ1n) is 6.30. The quantitative estimate of drug-likeness (QED) is 0.700. The maximum atomic E-state index is 11.9. The molecule has 0 spiro atoms. The molecule has 0 saturated carbocycles. The molecule has 2 atom stereocenters. The van der Waals surface area contributed by atoms with Gasteiger partial charge in [-0.1, -0.05) is 6.92 Å². The lowest BCUT2D eigenvalue weighted by atomic mass is 9.90. The van der Waals surface area contributed by atoms with E-state index in [0.29, 0.717) is 13.0 Å². The summed E-state index contributed by atoms with van der Waals surface area (Å²) in [6, 6.07) is 0. The number of aliphatic hydroxyl groups is 1. The van der Waals surface area contributed by atoms with Crippen LogP contribution >= 0.6 is 12.4 Å². The minimum atomic E-state index is -0.407. The second-order valence-electron chi connectivity index (χ2n) is 4.82. The summed E-state index contributed by atoms with van der Waals surface area (Å²) in [4.78, 5) is 11.9. The SMILES string of the molecule is CCC(O)CCNC(=O)C1(C)CCCCN1.Cl. The van der Waals surface area contributed by atoms with Gasteiger partial charge in [-0.3, -0.25) is 4.79 Å². The number of carbonyl (C=O) groups excluding carboxylic acids is 1. The molecular weight excluding hydrogens is 240 g/mol. The number of rotatable bonds is 5. The van der Waals surface area contributed by atoms with E-state index < -0.39 is 5.54 Å². The van der Waals surface area contributed by atoms with Gasteiger partial charge in [0.05, 0.1) is 11.6 Å². The fraction of sp³-hybridized carbons (Fsp3) is 0.917. The molecule has 2 unspecified atom stereocenters. The average Bonchev–Trinajstić information content (AvgIpc) is 2.29. The van der Waals surface area contributed by atoms with Crippen molar-refractivity contribution in [1.82, 2.24) is 10.6 Å². The molecule has 0 aromatic rings. The van der Waals surface area contributed by atoms with Crippen LogP contribution < -0.4 is 10.6 Å². The van der Waals surface area contributed by atoms with Crippen molar-refractivity contribution in [2.75, 3.05) is 13.1 Å². The molecule has 5 heteroatoms. The van der Waals surface area contributed by atoms with Crippen molar-refractivity contribution in [2.45, 2.75) is 57.6 Å². The number of aliphatic hydroxyl groups excluding tert-OH is 1. The molecule has 1 amide bonds. The van der Waals surface area contributed by atoms with Gasteiger partial charge in [-0.2, -0.15) is 0 Å². The molecular formula is C12H25ClN2O2. The predicted molar refractivity (Wildman–Crippen MR) is 71.4 cm³/mol. The average molecular weight is 265 g/mol. The number of carbonyl (C=O) groups is 1. The highest BCUT2D eigenvalue weighted by atomic mass is 35.5. The van der Waals surface area contributed by atoms with Crippen molar-refractivity contribution in [3.63, 3.8) is 0 Å². The van der Waals surface area contributed by atoms with E-state index in [0.717, 1.165) is 32.2 Å². The Hall–Kier alpha value is -0.320. The molecule has 17 heavy (non-hydrogen) atoms. The Balaban J connectivity index is 0.00000256. The largest absolute Gasteiger partial charge is 0.393 e. The molecule has 0 aromatic heterocycles. The van der Waals surface area contributed by atoms with Crippen LogP contribution in [-0.2, 0) is 4.79 Å². The maximum absolute atomic E-state index is 11.9. The van der Waals surface area contributed by atoms with Gasteiger partial charge in [0.15, 0.2) is 0 Å². The smallest absolute Gasteiger partial charge is 0.240 e. The second kappa shape index (κ2) is 7.90. The normalized spacial score (nSPS) is 25.8. The minimum Gasteiger partial charge on any atom is -0.393 e. The standard InChI is InChI=1S/C12H24N2O2.ClH/c1-3-10(15)6-9-13-11(16)12(2)7-4-5-8-14-12;/h10,14-15H,3-9H2,1-2H3,(H,13,16);1H. The van der Waals surface area contributed by atoms with Crippen LogP contribution in [0.3, 0.4) is 0 Å². The zero-order valence-electron chi connectivity index (χ0n) is 10.8. The molecule has 1 rings (SSSR count). The van der Waals surface area contributed by atoms with E-state index in [4.69, 9.17) is 0 Å². The molecule has 1 aliphatic heterocycles. The summed E-state index contributed by atoms with van der Waals surface area (Å²) >= 11 is 0. The van der Waals surface area contributed by atoms with Gasteiger partial charge in [-0.15, -0.1) is 12.4 Å². The van der Waals surface area contributed by atoms with Crippen molar-refractivity contribution in [1.29, 1.82) is 0 Å². The van der Waals surface area contributed by atoms with Gasteiger partial charge < -0.3 is 15.7 Å². The van der Waals surface area contributed by atoms with Crippen LogP contribution in [0.15, 0.2) is 0 Å². The van der Waals surface area contributed by atoms with Gasteiger partial charge in [0.1, 0.15) is 0 Å². The lowest BCUT2D eigenvalue weighted by Crippen LogP contribution is -2.57. The molecule has 4 nitrogen and oxygen atoms in total. The summed E-state index contributed by atoms with van der Waals surface area (Å²) in [5.74, 6) is 0.0653. The van der Waals surface area contributed by atoms with Crippen LogP contribution in [-0.4, -0.2) is 35.7 Å². The third kappa shape index (κ3) is 5.23. The van der Waals surface area contributed by atoms with Crippen LogP contribution in [0.1, 0.15) is 46.0 Å². The van der Waals surface area contributed by atoms with Crippen LogP contribution in [0.25, 0.3) is 0 Å². The first kappa shape index (κ1) is 16.7. The Morgan fingerprint density at radius 2 is 2.24 bits per heavy atom. The molecule has 1 fully saturated rings. The summed E-state index contributed by atoms with van der Waals surface area (Å²) in [5, 5.41) is 15.5. The van der Waals surface area contributed by atoms with Gasteiger partial charge in [-0.25, -0.2) is 0 Å². The minimum absolute atomic E-state index is 0. The van der Waals surface area contributed by atoms with Crippen molar-refractivity contribution >= 4 is 18.3 Å². The zero-order valence-corrected chi connectivity index (χ0v) is 11.6. The van der Waals surface area contributed by atoms with Crippen LogP contribution in [0, 0.1) is 0 Å². The molecule has 0 aromatic carbocycles. The topological polar surface area (TPSA) is 61.4 Å². The first-order chi connectivity index (χ1) is 7.58. The van der Waals surface area contributed by atoms with Crippen molar-refractivity contribution in [3.8, 4) is 0 Å². The fourth-order valence-corrected chi connectivity index (χ4v) is 2.00. The highest BCUT2D eigenvalue weighted by Gasteiger charge is 2.33. The lowest BCUT2D eigenvalue weighted by molar-refractivity contribution is -0.128. The molecule has 3 N–H and O–H groups in total. The Morgan fingerprint density at radius 3 is 2.76 bits per heavy atom. The summed E-state index contributed by atoms with van der Waals surface area (Å²) in [7, 11) is 0. The fourth-order valence-electron chi connectivity index (χ4n) is 2.00. The van der Waals surface area contributed by atoms with E-state index in [1.807, 2.05) is 13.8 Å². The Bertz CT molecular complexity index is 231. The lowest BCUT2D eigenvalue weighted by Gasteiger charge is -2.33. The van der Waals surface area contributed by atoms with Crippen molar-refractivity contribution < 1.29 is 9.90 Å². The van der Waals surface area contributed by atoms with Crippen LogP contribution in [0.2, 0.25) is 0 Å². The zero-order chi connectivity index (χ0) is 12.0. The third-order valence-electron chi connectivity index (χ3n) is 3.35. The molecule has 1 heterocycles. The highest BCUT2D eigenvalue weighted by Crippen LogP contribution is 2.18. The van der Waals surface area contributed by atoms with E-state index >= 15 is 0 Å². The molecule has 0 bridgehead atoms. The number of nitrogens with one attached hydrogen (secondary N) is 2. The van der Waals surface area contributed by atoms with Crippen LogP contribution in [0.4, 0.5) is 0 Å². The number of hydrogen-bond acceptors (Lipinski definition) is 3. The number of hydrogen-bond donors (Lipinski definition) is 3. The highest BCUT2D eigenvalue weighted by molar-refractivity contribution is 5.86. The maximum Gasteiger partial charge on any atom is 0.240 e. The molecule has 102 valence electrons. The van der Waals surface area contributed by atoms with E-state index in [9.17, 15) is 9.90 Å². The van der Waals surface area contributed by atoms with Gasteiger partial charge >= 0.3 is 0 Å². The Kier molecular flexibility index (Phi) is 7.75. The summed E-state index contributed by atoms with van der Waals surface area (Å²) in [6.07, 6.45) is 4.23. The summed E-state index contributed by atoms with van der Waals surface area (Å²) < 4.78 is 0. The monoisotopic (exact) mass is 264 g/mol. The van der Waals surface area contributed by atoms with E-state index in [1.165, 1.54) is 0 Å². The van der Waals surface area contributed by atoms with Gasteiger partial charge in [0.2, 0.25) is 5.91 Å². The molecule has 0 aliphatic carbocycles. The molecule has 1 saturated heterocycles. The Morgan fingerprint density at radius 1 is 1.53 bits per heavy atom. The van der Waals surface area contributed by atoms with Crippen molar-refractivity contribution in [3.05, 3.63) is 0 Å². The third-order valence-corrected chi connectivity index (χ3v) is 3.35. The number of amides is 1. The number of piperidine rings is 1. The van der Waals surface area contributed by atoms with Crippen molar-refractivity contribution in [2.24, 2.45) is 0 Å². The van der Waals surface area contributed by atoms with Crippen LogP contribution in [0.5, 0.6) is 0 Å². The summed E-state index contributed by atoms with van der Waals surface area (Å²) in [5.41, 5.74) is -0.407. The van der Waals surface area contributed by atoms with Gasteiger partial charge in [0.25, 0.3) is 0 Å². The summed E-state index contributed by atoms with van der Waals surface area (Å²) in [6.45, 7) is 5.38. The van der Waals surface area contributed by atoms with E-state index in [-0.39, 0.29) is 24.4 Å². The van der Waals surface area contributed by atoms with E-state index in [1.54, 1.807) is 0 Å². The van der Waals surface area contributed by atoms with Gasteiger partial charge in [-0.05, 0) is 45.6 Å². The Labute approximate surface area is 110 Å². The number of halogens is 1. The van der Waals surface area contributed by atoms with E-state index in [2.05, 4.69) is 10.6 Å². The first-order valence-corrected chi connectivity index (χ1v) is 6.30. The second-order valence-corrected chi connectivity index (χ2v) is 4.82. The predicted octanol–water partition coefficient (Wildman–Crippen LogP) is 1.22.